The zero-order valence-corrected chi connectivity index (χ0v) is 11.3. The number of carbonyl (C=O) groups excluding carboxylic acids is 1. The van der Waals surface area contributed by atoms with E-state index in [9.17, 15) is 4.79 Å². The summed E-state index contributed by atoms with van der Waals surface area (Å²) in [5.74, 6) is 0.575. The summed E-state index contributed by atoms with van der Waals surface area (Å²) in [6.07, 6.45) is 3.49. The number of carbonyl (C=O) groups is 1. The maximum atomic E-state index is 12.3. The van der Waals surface area contributed by atoms with Gasteiger partial charge in [0.1, 0.15) is 0 Å². The first kappa shape index (κ1) is 12.8. The van der Waals surface area contributed by atoms with Crippen LogP contribution in [0.1, 0.15) is 40.0 Å². The summed E-state index contributed by atoms with van der Waals surface area (Å²) in [5, 5.41) is 3.37. The molecule has 1 saturated heterocycles. The van der Waals surface area contributed by atoms with Gasteiger partial charge in [-0.1, -0.05) is 13.8 Å². The Morgan fingerprint density at radius 1 is 1.53 bits per heavy atom. The third kappa shape index (κ3) is 2.20. The van der Waals surface area contributed by atoms with Crippen molar-refractivity contribution in [1.82, 2.24) is 10.2 Å². The summed E-state index contributed by atoms with van der Waals surface area (Å²) < 4.78 is 5.61. The molecule has 0 spiro atoms. The van der Waals surface area contributed by atoms with Crippen LogP contribution in [-0.4, -0.2) is 42.3 Å². The van der Waals surface area contributed by atoms with E-state index in [0.29, 0.717) is 5.92 Å². The molecule has 98 valence electrons. The normalized spacial score (nSPS) is 32.1. The Labute approximate surface area is 104 Å². The van der Waals surface area contributed by atoms with Crippen LogP contribution in [0.5, 0.6) is 0 Å². The quantitative estimate of drug-likeness (QED) is 0.806. The van der Waals surface area contributed by atoms with E-state index < -0.39 is 0 Å². The fraction of sp³-hybridized carbons (Fsp3) is 0.923. The number of hydrogen-bond donors (Lipinski definition) is 1. The molecule has 1 aliphatic carbocycles. The molecule has 17 heavy (non-hydrogen) atoms. The summed E-state index contributed by atoms with van der Waals surface area (Å²) in [5.41, 5.74) is -0.0720. The summed E-state index contributed by atoms with van der Waals surface area (Å²) in [4.78, 5) is 14.3. The Morgan fingerprint density at radius 2 is 2.18 bits per heavy atom. The number of nitrogens with zero attached hydrogens (tertiary/aromatic N) is 1. The Bertz CT molecular complexity index is 294. The molecular formula is C13H24N2O2. The Morgan fingerprint density at radius 3 is 2.53 bits per heavy atom. The van der Waals surface area contributed by atoms with E-state index in [0.717, 1.165) is 19.4 Å². The first-order valence-electron chi connectivity index (χ1n) is 6.61. The molecule has 1 N–H and O–H groups in total. The van der Waals surface area contributed by atoms with Gasteiger partial charge in [0.15, 0.2) is 0 Å². The van der Waals surface area contributed by atoms with Crippen molar-refractivity contribution in [3.8, 4) is 0 Å². The Balaban J connectivity index is 2.03. The molecule has 1 aliphatic heterocycles. The van der Waals surface area contributed by atoms with E-state index in [1.165, 1.54) is 6.42 Å². The molecular weight excluding hydrogens is 216 g/mol. The van der Waals surface area contributed by atoms with Gasteiger partial charge in [0, 0.05) is 7.11 Å². The van der Waals surface area contributed by atoms with Crippen molar-refractivity contribution in [3.63, 3.8) is 0 Å². The van der Waals surface area contributed by atoms with E-state index in [-0.39, 0.29) is 23.7 Å². The average molecular weight is 240 g/mol. The minimum absolute atomic E-state index is 0.0287. The highest BCUT2D eigenvalue weighted by Gasteiger charge is 2.45. The second-order valence-corrected chi connectivity index (χ2v) is 5.77. The molecule has 2 atom stereocenters. The molecule has 0 aromatic heterocycles. The van der Waals surface area contributed by atoms with Crippen LogP contribution in [0.4, 0.5) is 0 Å². The number of nitrogens with one attached hydrogen (secondary N) is 1. The Hall–Kier alpha value is -0.610. The van der Waals surface area contributed by atoms with Gasteiger partial charge >= 0.3 is 0 Å². The zero-order valence-electron chi connectivity index (χ0n) is 11.3. The number of methoxy groups -OCH3 is 1. The van der Waals surface area contributed by atoms with Gasteiger partial charge in [-0.05, 0) is 32.1 Å². The molecule has 2 unspecified atom stereocenters. The van der Waals surface area contributed by atoms with Crippen LogP contribution in [0, 0.1) is 5.92 Å². The lowest BCUT2D eigenvalue weighted by Crippen LogP contribution is -2.52. The van der Waals surface area contributed by atoms with E-state index in [1.807, 2.05) is 4.90 Å². The van der Waals surface area contributed by atoms with Crippen molar-refractivity contribution in [3.05, 3.63) is 0 Å². The Kier molecular flexibility index (Phi) is 3.46. The first-order chi connectivity index (χ1) is 7.99. The number of rotatable bonds is 4. The summed E-state index contributed by atoms with van der Waals surface area (Å²) in [6, 6.07) is -0.0287. The largest absolute Gasteiger partial charge is 0.376 e. The maximum absolute atomic E-state index is 12.3. The number of amides is 1. The van der Waals surface area contributed by atoms with Crippen LogP contribution in [0.3, 0.4) is 0 Å². The maximum Gasteiger partial charge on any atom is 0.241 e. The summed E-state index contributed by atoms with van der Waals surface area (Å²) >= 11 is 0. The van der Waals surface area contributed by atoms with E-state index in [2.05, 4.69) is 26.1 Å². The van der Waals surface area contributed by atoms with Gasteiger partial charge in [-0.2, -0.15) is 0 Å². The predicted molar refractivity (Wildman–Crippen MR) is 66.5 cm³/mol. The van der Waals surface area contributed by atoms with Crippen molar-refractivity contribution in [1.29, 1.82) is 0 Å². The topological polar surface area (TPSA) is 41.6 Å². The minimum Gasteiger partial charge on any atom is -0.376 e. The van der Waals surface area contributed by atoms with Crippen LogP contribution < -0.4 is 5.32 Å². The third-order valence-electron chi connectivity index (χ3n) is 4.26. The molecule has 1 saturated carbocycles. The van der Waals surface area contributed by atoms with Crippen LogP contribution in [-0.2, 0) is 9.53 Å². The van der Waals surface area contributed by atoms with Crippen molar-refractivity contribution in [2.75, 3.05) is 13.7 Å². The molecule has 0 aromatic rings. The highest BCUT2D eigenvalue weighted by Crippen LogP contribution is 2.36. The summed E-state index contributed by atoms with van der Waals surface area (Å²) in [7, 11) is 1.76. The highest BCUT2D eigenvalue weighted by molar-refractivity contribution is 5.84. The zero-order chi connectivity index (χ0) is 12.6. The average Bonchev–Trinajstić information content (AvgIpc) is 2.50. The first-order valence-corrected chi connectivity index (χ1v) is 6.61. The smallest absolute Gasteiger partial charge is 0.241 e. The lowest BCUT2D eigenvalue weighted by Gasteiger charge is -2.43. The van der Waals surface area contributed by atoms with Crippen LogP contribution >= 0.6 is 0 Å². The molecule has 0 aromatic carbocycles. The van der Waals surface area contributed by atoms with Gasteiger partial charge in [0.2, 0.25) is 5.91 Å². The molecule has 4 nitrogen and oxygen atoms in total. The second-order valence-electron chi connectivity index (χ2n) is 5.77. The fourth-order valence-corrected chi connectivity index (χ4v) is 2.79. The van der Waals surface area contributed by atoms with Crippen LogP contribution in [0.2, 0.25) is 0 Å². The SMILES string of the molecule is COC1(CN2C(=O)C(C(C)C)NC2C)CCC1. The van der Waals surface area contributed by atoms with Crippen LogP contribution in [0.25, 0.3) is 0 Å². The van der Waals surface area contributed by atoms with Gasteiger partial charge < -0.3 is 9.64 Å². The lowest BCUT2D eigenvalue weighted by molar-refractivity contribution is -0.140. The minimum atomic E-state index is -0.0720. The van der Waals surface area contributed by atoms with Crippen LogP contribution in [0.15, 0.2) is 0 Å². The van der Waals surface area contributed by atoms with Gasteiger partial charge in [0.05, 0.1) is 24.4 Å². The molecule has 0 radical (unpaired) electrons. The molecule has 2 aliphatic rings. The molecule has 4 heteroatoms. The van der Waals surface area contributed by atoms with E-state index in [1.54, 1.807) is 7.11 Å². The highest BCUT2D eigenvalue weighted by atomic mass is 16.5. The number of hydrogen-bond acceptors (Lipinski definition) is 3. The van der Waals surface area contributed by atoms with Crippen molar-refractivity contribution >= 4 is 5.91 Å². The molecule has 0 bridgehead atoms. The van der Waals surface area contributed by atoms with Gasteiger partial charge in [0.25, 0.3) is 0 Å². The van der Waals surface area contributed by atoms with E-state index >= 15 is 0 Å². The third-order valence-corrected chi connectivity index (χ3v) is 4.26. The van der Waals surface area contributed by atoms with Crippen molar-refractivity contribution in [2.24, 2.45) is 5.92 Å². The standard InChI is InChI=1S/C13H24N2O2/c1-9(2)11-12(16)15(10(3)14-11)8-13(17-4)6-5-7-13/h9-11,14H,5-8H2,1-4H3. The molecule has 1 amide bonds. The fourth-order valence-electron chi connectivity index (χ4n) is 2.79. The van der Waals surface area contributed by atoms with Gasteiger partial charge in [-0.3, -0.25) is 10.1 Å². The second kappa shape index (κ2) is 4.58. The monoisotopic (exact) mass is 240 g/mol. The molecule has 2 fully saturated rings. The van der Waals surface area contributed by atoms with Crippen molar-refractivity contribution < 1.29 is 9.53 Å². The van der Waals surface area contributed by atoms with Gasteiger partial charge in [-0.15, -0.1) is 0 Å². The molecule has 1 heterocycles. The lowest BCUT2D eigenvalue weighted by atomic mass is 9.79. The number of ether oxygens (including phenoxy) is 1. The van der Waals surface area contributed by atoms with Crippen molar-refractivity contribution in [2.45, 2.75) is 57.8 Å². The van der Waals surface area contributed by atoms with Gasteiger partial charge in [-0.25, -0.2) is 0 Å². The predicted octanol–water partition coefficient (Wildman–Crippen LogP) is 1.36. The molecule has 2 rings (SSSR count). The summed E-state index contributed by atoms with van der Waals surface area (Å²) in [6.45, 7) is 6.96. The van der Waals surface area contributed by atoms with E-state index in [4.69, 9.17) is 4.74 Å².